The van der Waals surface area contributed by atoms with Gasteiger partial charge in [0.15, 0.2) is 0 Å². The molecule has 0 saturated heterocycles. The molecule has 0 heterocycles. The van der Waals surface area contributed by atoms with Crippen LogP contribution in [0, 0.1) is 0 Å². The molecule has 2 N–H and O–H groups in total. The molecule has 0 aliphatic carbocycles. The monoisotopic (exact) mass is 347 g/mol. The van der Waals surface area contributed by atoms with Crippen molar-refractivity contribution in [2.24, 2.45) is 0 Å². The molecule has 1 rings (SSSR count). The number of rotatable bonds is 5. The molecule has 0 bridgehead atoms. The van der Waals surface area contributed by atoms with E-state index in [0.717, 1.165) is 0 Å². The van der Waals surface area contributed by atoms with Gasteiger partial charge in [0.05, 0.1) is 0 Å². The SMILES string of the molecule is CC(C)(C)OC(=O)N[C@H](CCc1c(Cl)cccc1Cl)C(=O)O. The average molecular weight is 348 g/mol. The molecule has 1 atom stereocenters. The highest BCUT2D eigenvalue weighted by Crippen LogP contribution is 2.25. The molecular weight excluding hydrogens is 329 g/mol. The molecule has 0 aromatic heterocycles. The predicted molar refractivity (Wildman–Crippen MR) is 85.6 cm³/mol. The van der Waals surface area contributed by atoms with E-state index in [4.69, 9.17) is 27.9 Å². The van der Waals surface area contributed by atoms with E-state index in [0.29, 0.717) is 22.0 Å². The second-order valence-electron chi connectivity index (χ2n) is 5.78. The molecule has 1 aromatic carbocycles. The average Bonchev–Trinajstić information content (AvgIpc) is 2.34. The first-order valence-electron chi connectivity index (χ1n) is 6.75. The first-order chi connectivity index (χ1) is 10.1. The molecule has 1 aromatic rings. The lowest BCUT2D eigenvalue weighted by molar-refractivity contribution is -0.139. The van der Waals surface area contributed by atoms with Crippen LogP contribution in [-0.2, 0) is 16.0 Å². The Labute approximate surface area is 139 Å². The van der Waals surface area contributed by atoms with Gasteiger partial charge in [-0.2, -0.15) is 0 Å². The van der Waals surface area contributed by atoms with Crippen LogP contribution >= 0.6 is 23.2 Å². The van der Waals surface area contributed by atoms with E-state index < -0.39 is 23.7 Å². The van der Waals surface area contributed by atoms with Crippen LogP contribution in [0.3, 0.4) is 0 Å². The highest BCUT2D eigenvalue weighted by molar-refractivity contribution is 6.35. The molecule has 0 aliphatic heterocycles. The maximum atomic E-state index is 11.7. The Bertz CT molecular complexity index is 535. The summed E-state index contributed by atoms with van der Waals surface area (Å²) >= 11 is 12.1. The van der Waals surface area contributed by atoms with Gasteiger partial charge in [-0.05, 0) is 51.3 Å². The Morgan fingerprint density at radius 3 is 2.27 bits per heavy atom. The van der Waals surface area contributed by atoms with Crippen LogP contribution in [-0.4, -0.2) is 28.8 Å². The van der Waals surface area contributed by atoms with Crippen molar-refractivity contribution >= 4 is 35.3 Å². The summed E-state index contributed by atoms with van der Waals surface area (Å²) in [4.78, 5) is 22.9. The number of aliphatic carboxylic acids is 1. The fourth-order valence-corrected chi connectivity index (χ4v) is 2.35. The first-order valence-corrected chi connectivity index (χ1v) is 7.51. The predicted octanol–water partition coefficient (Wildman–Crippen LogP) is 3.90. The number of hydrogen-bond donors (Lipinski definition) is 2. The molecule has 0 fully saturated rings. The lowest BCUT2D eigenvalue weighted by atomic mass is 10.1. The Morgan fingerprint density at radius 1 is 1.27 bits per heavy atom. The van der Waals surface area contributed by atoms with Crippen molar-refractivity contribution in [3.63, 3.8) is 0 Å². The number of nitrogens with one attached hydrogen (secondary N) is 1. The van der Waals surface area contributed by atoms with E-state index in [1.165, 1.54) is 0 Å². The third-order valence-corrected chi connectivity index (χ3v) is 3.44. The third-order valence-electron chi connectivity index (χ3n) is 2.73. The summed E-state index contributed by atoms with van der Waals surface area (Å²) < 4.78 is 5.05. The number of carbonyl (C=O) groups is 2. The number of halogens is 2. The third kappa shape index (κ3) is 6.12. The van der Waals surface area contributed by atoms with Crippen molar-refractivity contribution in [3.05, 3.63) is 33.8 Å². The summed E-state index contributed by atoms with van der Waals surface area (Å²) in [5.41, 5.74) is -0.0396. The first kappa shape index (κ1) is 18.6. The van der Waals surface area contributed by atoms with Gasteiger partial charge in [-0.15, -0.1) is 0 Å². The summed E-state index contributed by atoms with van der Waals surface area (Å²) in [5.74, 6) is -1.14. The molecule has 1 amide bonds. The van der Waals surface area contributed by atoms with Crippen LogP contribution in [0.5, 0.6) is 0 Å². The van der Waals surface area contributed by atoms with Crippen molar-refractivity contribution < 1.29 is 19.4 Å². The van der Waals surface area contributed by atoms with E-state index in [2.05, 4.69) is 5.32 Å². The second kappa shape index (κ2) is 7.70. The van der Waals surface area contributed by atoms with E-state index in [1.807, 2.05) is 0 Å². The van der Waals surface area contributed by atoms with Crippen molar-refractivity contribution in [1.82, 2.24) is 5.32 Å². The number of amides is 1. The summed E-state index contributed by atoms with van der Waals surface area (Å²) in [6, 6.07) is 3.99. The minimum Gasteiger partial charge on any atom is -0.480 e. The van der Waals surface area contributed by atoms with E-state index in [9.17, 15) is 14.7 Å². The Kier molecular flexibility index (Phi) is 6.50. The topological polar surface area (TPSA) is 75.6 Å². The van der Waals surface area contributed by atoms with Crippen LogP contribution in [0.25, 0.3) is 0 Å². The molecule has 5 nitrogen and oxygen atoms in total. The Hall–Kier alpha value is -1.46. The van der Waals surface area contributed by atoms with Crippen molar-refractivity contribution in [2.45, 2.75) is 45.3 Å². The van der Waals surface area contributed by atoms with Crippen LogP contribution in [0.1, 0.15) is 32.8 Å². The molecule has 0 radical (unpaired) electrons. The molecule has 22 heavy (non-hydrogen) atoms. The van der Waals surface area contributed by atoms with Crippen LogP contribution < -0.4 is 5.32 Å². The van der Waals surface area contributed by atoms with E-state index in [1.54, 1.807) is 39.0 Å². The number of carbonyl (C=O) groups excluding carboxylic acids is 1. The molecule has 122 valence electrons. The largest absolute Gasteiger partial charge is 0.480 e. The minimum absolute atomic E-state index is 0.151. The number of ether oxygens (including phenoxy) is 1. The quantitative estimate of drug-likeness (QED) is 0.846. The van der Waals surface area contributed by atoms with Crippen molar-refractivity contribution in [1.29, 1.82) is 0 Å². The molecule has 0 unspecified atom stereocenters. The number of benzene rings is 1. The maximum absolute atomic E-state index is 11.7. The fourth-order valence-electron chi connectivity index (χ4n) is 1.77. The summed E-state index contributed by atoms with van der Waals surface area (Å²) in [6.07, 6.45) is -0.298. The number of hydrogen-bond acceptors (Lipinski definition) is 3. The number of alkyl carbamates (subject to hydrolysis) is 1. The maximum Gasteiger partial charge on any atom is 0.408 e. The molecule has 0 spiro atoms. The van der Waals surface area contributed by atoms with Crippen LogP contribution in [0.4, 0.5) is 4.79 Å². The van der Waals surface area contributed by atoms with Gasteiger partial charge >= 0.3 is 12.1 Å². The summed E-state index contributed by atoms with van der Waals surface area (Å²) in [7, 11) is 0. The smallest absolute Gasteiger partial charge is 0.408 e. The normalized spacial score (nSPS) is 12.6. The van der Waals surface area contributed by atoms with Gasteiger partial charge in [-0.25, -0.2) is 9.59 Å². The van der Waals surface area contributed by atoms with Gasteiger partial charge in [0.1, 0.15) is 11.6 Å². The van der Waals surface area contributed by atoms with Crippen LogP contribution in [0.15, 0.2) is 18.2 Å². The molecule has 0 aliphatic rings. The van der Waals surface area contributed by atoms with Gasteiger partial charge in [0.2, 0.25) is 0 Å². The standard InChI is InChI=1S/C15H19Cl2NO4/c1-15(2,3)22-14(21)18-12(13(19)20)8-7-9-10(16)5-4-6-11(9)17/h4-6,12H,7-8H2,1-3H3,(H,18,21)(H,19,20)/t12-/m1/s1. The zero-order valence-corrected chi connectivity index (χ0v) is 14.2. The molecule has 7 heteroatoms. The van der Waals surface area contributed by atoms with Crippen molar-refractivity contribution in [2.75, 3.05) is 0 Å². The van der Waals surface area contributed by atoms with Gasteiger partial charge in [-0.3, -0.25) is 0 Å². The van der Waals surface area contributed by atoms with E-state index in [-0.39, 0.29) is 6.42 Å². The fraction of sp³-hybridized carbons (Fsp3) is 0.467. The zero-order valence-electron chi connectivity index (χ0n) is 12.7. The summed E-state index contributed by atoms with van der Waals surface area (Å²) in [6.45, 7) is 5.10. The zero-order chi connectivity index (χ0) is 16.9. The highest BCUT2D eigenvalue weighted by Gasteiger charge is 2.24. The van der Waals surface area contributed by atoms with E-state index >= 15 is 0 Å². The number of carboxylic acids is 1. The highest BCUT2D eigenvalue weighted by atomic mass is 35.5. The van der Waals surface area contributed by atoms with Crippen LogP contribution in [0.2, 0.25) is 10.0 Å². The lowest BCUT2D eigenvalue weighted by Crippen LogP contribution is -2.43. The number of carboxylic acid groups (broad SMARTS) is 1. The van der Waals surface area contributed by atoms with Gasteiger partial charge < -0.3 is 15.2 Å². The van der Waals surface area contributed by atoms with Gasteiger partial charge in [-0.1, -0.05) is 29.3 Å². The Morgan fingerprint density at radius 2 is 1.82 bits per heavy atom. The minimum atomic E-state index is -1.14. The Balaban J connectivity index is 2.70. The van der Waals surface area contributed by atoms with Gasteiger partial charge in [0, 0.05) is 10.0 Å². The lowest BCUT2D eigenvalue weighted by Gasteiger charge is -2.22. The van der Waals surface area contributed by atoms with Gasteiger partial charge in [0.25, 0.3) is 0 Å². The molecular formula is C15H19Cl2NO4. The summed E-state index contributed by atoms with van der Waals surface area (Å²) in [5, 5.41) is 12.5. The molecule has 0 saturated carbocycles. The second-order valence-corrected chi connectivity index (χ2v) is 6.59. The van der Waals surface area contributed by atoms with Crippen molar-refractivity contribution in [3.8, 4) is 0 Å².